The van der Waals surface area contributed by atoms with Gasteiger partial charge < -0.3 is 9.84 Å². The molecule has 0 bridgehead atoms. The summed E-state index contributed by atoms with van der Waals surface area (Å²) < 4.78 is 34.5. The Morgan fingerprint density at radius 1 is 1.19 bits per heavy atom. The third-order valence-electron chi connectivity index (χ3n) is 6.98. The van der Waals surface area contributed by atoms with E-state index in [4.69, 9.17) is 4.52 Å². The summed E-state index contributed by atoms with van der Waals surface area (Å²) >= 11 is 2.53. The maximum Gasteiger partial charge on any atom is 0.279 e. The molecule has 0 saturated carbocycles. The molecular weight excluding hydrogens is 611 g/mol. The van der Waals surface area contributed by atoms with Crippen LogP contribution in [0.15, 0.2) is 51.0 Å². The van der Waals surface area contributed by atoms with Gasteiger partial charge >= 0.3 is 0 Å². The van der Waals surface area contributed by atoms with E-state index in [9.17, 15) is 13.2 Å². The monoisotopic (exact) mass is 639 g/mol. The van der Waals surface area contributed by atoms with Crippen molar-refractivity contribution in [2.24, 2.45) is 0 Å². The molecule has 16 heteroatoms. The number of carbonyl (C=O) groups is 1. The molecule has 1 amide bonds. The molecule has 224 valence electrons. The maximum absolute atomic E-state index is 13.5. The number of hydrogen-bond donors (Lipinski definition) is 2. The van der Waals surface area contributed by atoms with E-state index >= 15 is 0 Å². The summed E-state index contributed by atoms with van der Waals surface area (Å²) in [7, 11) is -3.77. The number of pyridine rings is 1. The van der Waals surface area contributed by atoms with Crippen LogP contribution in [-0.2, 0) is 10.0 Å². The lowest BCUT2D eigenvalue weighted by Gasteiger charge is -2.35. The van der Waals surface area contributed by atoms with Crippen LogP contribution in [0.1, 0.15) is 28.9 Å². The Morgan fingerprint density at radius 2 is 2.00 bits per heavy atom. The van der Waals surface area contributed by atoms with E-state index in [1.165, 1.54) is 10.4 Å². The Kier molecular flexibility index (Phi) is 8.19. The second kappa shape index (κ2) is 12.0. The Balaban J connectivity index is 1.06. The average molecular weight is 640 g/mol. The standard InChI is InChI=1S/C27H29N9O4S3/c1-16(31-24-23-22(29-15-30-24)20(14-41-23)19-5-4-6-28-12-19)13-35-7-9-36(10-8-35)43(38,39)26-18(3)32-27(42-26)33-25(37)21-11-17(2)40-34-21/h4-6,11-12,14-16H,7-10,13H2,1-3H3,(H,29,30,31)(H,32,33,37). The van der Waals surface area contributed by atoms with Gasteiger partial charge in [0, 0.05) is 73.7 Å². The Morgan fingerprint density at radius 3 is 2.72 bits per heavy atom. The first-order valence-corrected chi connectivity index (χ1v) is 16.7. The Labute approximate surface area is 256 Å². The van der Waals surface area contributed by atoms with Crippen LogP contribution in [0.5, 0.6) is 0 Å². The molecule has 6 rings (SSSR count). The molecule has 0 radical (unpaired) electrons. The van der Waals surface area contributed by atoms with Crippen LogP contribution in [0.4, 0.5) is 10.9 Å². The van der Waals surface area contributed by atoms with Gasteiger partial charge in [-0.1, -0.05) is 22.6 Å². The van der Waals surface area contributed by atoms with Crippen LogP contribution >= 0.6 is 22.7 Å². The third-order valence-corrected chi connectivity index (χ3v) is 11.5. The number of anilines is 2. The summed E-state index contributed by atoms with van der Waals surface area (Å²) in [5, 5.41) is 12.1. The van der Waals surface area contributed by atoms with Crippen LogP contribution in [0.2, 0.25) is 0 Å². The van der Waals surface area contributed by atoms with Crippen LogP contribution in [0, 0.1) is 13.8 Å². The SMILES string of the molecule is Cc1cc(C(=O)Nc2nc(C)c(S(=O)(=O)N3CCN(CC(C)Nc4ncnc5c(-c6cccnc6)csc45)CC3)s2)no1. The highest BCUT2D eigenvalue weighted by Gasteiger charge is 2.32. The van der Waals surface area contributed by atoms with Crippen molar-refractivity contribution in [3.8, 4) is 11.1 Å². The van der Waals surface area contributed by atoms with Crippen LogP contribution < -0.4 is 10.6 Å². The van der Waals surface area contributed by atoms with Crippen molar-refractivity contribution in [2.75, 3.05) is 43.4 Å². The molecule has 1 atom stereocenters. The van der Waals surface area contributed by atoms with E-state index in [2.05, 4.69) is 52.9 Å². The van der Waals surface area contributed by atoms with Crippen molar-refractivity contribution >= 4 is 59.8 Å². The number of aryl methyl sites for hydroxylation is 2. The predicted octanol–water partition coefficient (Wildman–Crippen LogP) is 3.87. The number of thiazole rings is 1. The molecule has 1 fully saturated rings. The average Bonchev–Trinajstić information content (AvgIpc) is 3.72. The summed E-state index contributed by atoms with van der Waals surface area (Å²) in [6.07, 6.45) is 5.15. The number of sulfonamides is 1. The van der Waals surface area contributed by atoms with Crippen LogP contribution in [-0.4, -0.2) is 87.4 Å². The van der Waals surface area contributed by atoms with E-state index < -0.39 is 15.9 Å². The lowest BCUT2D eigenvalue weighted by atomic mass is 10.1. The van der Waals surface area contributed by atoms with Crippen molar-refractivity contribution in [1.29, 1.82) is 0 Å². The molecule has 1 aliphatic rings. The van der Waals surface area contributed by atoms with E-state index in [0.717, 1.165) is 45.0 Å². The fourth-order valence-electron chi connectivity index (χ4n) is 4.93. The molecule has 1 aliphatic heterocycles. The van der Waals surface area contributed by atoms with Gasteiger partial charge in [-0.25, -0.2) is 23.4 Å². The first-order chi connectivity index (χ1) is 20.7. The molecule has 1 unspecified atom stereocenters. The molecule has 0 aliphatic carbocycles. The smallest absolute Gasteiger partial charge is 0.279 e. The molecule has 43 heavy (non-hydrogen) atoms. The highest BCUT2D eigenvalue weighted by molar-refractivity contribution is 7.91. The molecule has 2 N–H and O–H groups in total. The number of thiophene rings is 1. The van der Waals surface area contributed by atoms with Gasteiger partial charge in [0.2, 0.25) is 0 Å². The summed E-state index contributed by atoms with van der Waals surface area (Å²) in [6.45, 7) is 7.98. The van der Waals surface area contributed by atoms with Crippen LogP contribution in [0.3, 0.4) is 0 Å². The van der Waals surface area contributed by atoms with Crippen molar-refractivity contribution in [3.05, 3.63) is 59.4 Å². The van der Waals surface area contributed by atoms with Gasteiger partial charge in [-0.2, -0.15) is 4.31 Å². The summed E-state index contributed by atoms with van der Waals surface area (Å²) in [6, 6.07) is 5.48. The molecule has 0 spiro atoms. The predicted molar refractivity (Wildman–Crippen MR) is 165 cm³/mol. The largest absolute Gasteiger partial charge is 0.365 e. The van der Waals surface area contributed by atoms with Gasteiger partial charge in [-0.05, 0) is 26.8 Å². The summed E-state index contributed by atoms with van der Waals surface area (Å²) in [5.41, 5.74) is 3.36. The first kappa shape index (κ1) is 29.3. The summed E-state index contributed by atoms with van der Waals surface area (Å²) in [5.74, 6) is 0.764. The zero-order valence-corrected chi connectivity index (χ0v) is 26.1. The number of aromatic nitrogens is 5. The van der Waals surface area contributed by atoms with E-state index in [0.29, 0.717) is 37.6 Å². The number of rotatable bonds is 9. The first-order valence-electron chi connectivity index (χ1n) is 13.5. The Bertz CT molecular complexity index is 1860. The van der Waals surface area contributed by atoms with Crippen molar-refractivity contribution in [2.45, 2.75) is 31.0 Å². The number of nitrogens with zero attached hydrogens (tertiary/aromatic N) is 7. The zero-order valence-electron chi connectivity index (χ0n) is 23.6. The fourth-order valence-corrected chi connectivity index (χ4v) is 8.87. The summed E-state index contributed by atoms with van der Waals surface area (Å²) in [4.78, 5) is 32.2. The zero-order chi connectivity index (χ0) is 30.1. The molecule has 5 aromatic heterocycles. The minimum atomic E-state index is -3.77. The quantitative estimate of drug-likeness (QED) is 0.241. The van der Waals surface area contributed by atoms with Crippen LogP contribution in [0.25, 0.3) is 21.3 Å². The second-order valence-electron chi connectivity index (χ2n) is 10.2. The lowest BCUT2D eigenvalue weighted by Crippen LogP contribution is -2.50. The molecule has 1 saturated heterocycles. The van der Waals surface area contributed by atoms with Gasteiger partial charge in [0.15, 0.2) is 15.0 Å². The normalized spacial score (nSPS) is 15.5. The third kappa shape index (κ3) is 6.14. The van der Waals surface area contributed by atoms with Crippen molar-refractivity contribution < 1.29 is 17.7 Å². The van der Waals surface area contributed by atoms with E-state index in [1.807, 2.05) is 18.3 Å². The second-order valence-corrected chi connectivity index (χ2v) is 14.2. The maximum atomic E-state index is 13.5. The van der Waals surface area contributed by atoms with E-state index in [-0.39, 0.29) is 21.1 Å². The van der Waals surface area contributed by atoms with Gasteiger partial charge in [0.1, 0.15) is 17.9 Å². The highest BCUT2D eigenvalue weighted by atomic mass is 32.2. The molecule has 0 aromatic carbocycles. The number of nitrogens with one attached hydrogen (secondary N) is 2. The lowest BCUT2D eigenvalue weighted by molar-refractivity contribution is 0.101. The minimum Gasteiger partial charge on any atom is -0.365 e. The number of fused-ring (bicyclic) bond motifs is 1. The van der Waals surface area contributed by atoms with Gasteiger partial charge in [0.25, 0.3) is 15.9 Å². The molecule has 6 heterocycles. The van der Waals surface area contributed by atoms with Crippen molar-refractivity contribution in [3.63, 3.8) is 0 Å². The topological polar surface area (TPSA) is 159 Å². The highest BCUT2D eigenvalue weighted by Crippen LogP contribution is 2.35. The molecule has 13 nitrogen and oxygen atoms in total. The number of hydrogen-bond acceptors (Lipinski definition) is 13. The van der Waals surface area contributed by atoms with Gasteiger partial charge in [0.05, 0.1) is 15.9 Å². The van der Waals surface area contributed by atoms with Crippen molar-refractivity contribution in [1.82, 2.24) is 34.3 Å². The molecule has 5 aromatic rings. The Hall–Kier alpha value is -3.83. The van der Waals surface area contributed by atoms with Gasteiger partial charge in [-0.3, -0.25) is 20.0 Å². The minimum absolute atomic E-state index is 0.0635. The number of piperazine rings is 1. The fraction of sp³-hybridized carbons (Fsp3) is 0.333. The number of carbonyl (C=O) groups excluding carboxylic acids is 1. The van der Waals surface area contributed by atoms with Gasteiger partial charge in [-0.15, -0.1) is 11.3 Å². The molecular formula is C27H29N9O4S3. The number of amides is 1. The van der Waals surface area contributed by atoms with E-state index in [1.54, 1.807) is 37.7 Å².